The largest absolute Gasteiger partial charge is 0.376 e. The van der Waals surface area contributed by atoms with Crippen molar-refractivity contribution in [2.75, 3.05) is 7.05 Å². The van der Waals surface area contributed by atoms with Crippen LogP contribution in [0.2, 0.25) is 0 Å². The highest BCUT2D eigenvalue weighted by molar-refractivity contribution is 5.99. The molecule has 156 valence electrons. The molecular formula is C23H24N2O5. The number of hydrazine groups is 1. The molecule has 2 aromatic carbocycles. The number of rotatable bonds is 3. The number of carbonyl (C=O) groups excluding carboxylic acids is 2. The van der Waals surface area contributed by atoms with E-state index in [-0.39, 0.29) is 11.8 Å². The zero-order valence-electron chi connectivity index (χ0n) is 17.4. The Balaban J connectivity index is 1.89. The van der Waals surface area contributed by atoms with Crippen LogP contribution in [0.4, 0.5) is 0 Å². The zero-order chi connectivity index (χ0) is 22.1. The number of hydrogen-bond acceptors (Lipinski definition) is 5. The molecule has 1 heterocycles. The van der Waals surface area contributed by atoms with Crippen LogP contribution in [0.1, 0.15) is 58.7 Å². The predicted octanol–water partition coefficient (Wildman–Crippen LogP) is 3.11. The SMILES string of the molecule is C#CC(O)c1ccc(C(=O)N(C)N(C(=O)c2ccc3c(c2)OOC3)C(C)(C)C)cc1. The highest BCUT2D eigenvalue weighted by Gasteiger charge is 2.34. The molecule has 1 N–H and O–H groups in total. The van der Waals surface area contributed by atoms with Crippen molar-refractivity contribution >= 4 is 11.8 Å². The maximum Gasteiger partial charge on any atom is 0.273 e. The van der Waals surface area contributed by atoms with E-state index >= 15 is 0 Å². The van der Waals surface area contributed by atoms with E-state index in [1.54, 1.807) is 49.5 Å². The third-order valence-corrected chi connectivity index (χ3v) is 4.73. The van der Waals surface area contributed by atoms with Crippen LogP contribution in [0.5, 0.6) is 5.75 Å². The highest BCUT2D eigenvalue weighted by atomic mass is 17.2. The van der Waals surface area contributed by atoms with Crippen LogP contribution in [0.15, 0.2) is 42.5 Å². The first kappa shape index (κ1) is 21.4. The number of amides is 2. The summed E-state index contributed by atoms with van der Waals surface area (Å²) in [5, 5.41) is 12.4. The Kier molecular flexibility index (Phi) is 5.83. The number of fused-ring (bicyclic) bond motifs is 1. The molecule has 0 aromatic heterocycles. The summed E-state index contributed by atoms with van der Waals surface area (Å²) in [4.78, 5) is 36.4. The minimum Gasteiger partial charge on any atom is -0.376 e. The molecule has 0 bridgehead atoms. The van der Waals surface area contributed by atoms with Crippen LogP contribution in [0.25, 0.3) is 0 Å². The van der Waals surface area contributed by atoms with E-state index in [9.17, 15) is 14.7 Å². The zero-order valence-corrected chi connectivity index (χ0v) is 17.4. The van der Waals surface area contributed by atoms with Gasteiger partial charge < -0.3 is 9.99 Å². The van der Waals surface area contributed by atoms with Crippen molar-refractivity contribution < 1.29 is 24.5 Å². The van der Waals surface area contributed by atoms with Gasteiger partial charge >= 0.3 is 0 Å². The van der Waals surface area contributed by atoms with Gasteiger partial charge in [0.15, 0.2) is 5.75 Å². The van der Waals surface area contributed by atoms with Crippen LogP contribution in [-0.2, 0) is 11.5 Å². The first-order valence-corrected chi connectivity index (χ1v) is 9.42. The van der Waals surface area contributed by atoms with Crippen LogP contribution in [-0.4, -0.2) is 39.5 Å². The molecule has 2 amide bonds. The smallest absolute Gasteiger partial charge is 0.273 e. The third kappa shape index (κ3) is 4.15. The van der Waals surface area contributed by atoms with E-state index in [0.717, 1.165) is 5.56 Å². The molecule has 7 nitrogen and oxygen atoms in total. The van der Waals surface area contributed by atoms with Crippen molar-refractivity contribution in [2.45, 2.75) is 39.0 Å². The van der Waals surface area contributed by atoms with Gasteiger partial charge in [0.2, 0.25) is 0 Å². The minimum absolute atomic E-state index is 0.329. The Morgan fingerprint density at radius 3 is 2.33 bits per heavy atom. The number of aliphatic hydroxyl groups is 1. The van der Waals surface area contributed by atoms with Gasteiger partial charge in [-0.3, -0.25) is 9.59 Å². The van der Waals surface area contributed by atoms with Gasteiger partial charge in [0.05, 0.1) is 5.54 Å². The van der Waals surface area contributed by atoms with Crippen LogP contribution in [0.3, 0.4) is 0 Å². The Morgan fingerprint density at radius 1 is 1.10 bits per heavy atom. The van der Waals surface area contributed by atoms with Crippen molar-refractivity contribution in [3.63, 3.8) is 0 Å². The van der Waals surface area contributed by atoms with Gasteiger partial charge in [0, 0.05) is 23.7 Å². The molecular weight excluding hydrogens is 384 g/mol. The van der Waals surface area contributed by atoms with E-state index < -0.39 is 11.6 Å². The normalized spacial score (nSPS) is 13.6. The summed E-state index contributed by atoms with van der Waals surface area (Å²) in [6, 6.07) is 11.4. The second-order valence-electron chi connectivity index (χ2n) is 7.98. The first-order chi connectivity index (χ1) is 14.1. The molecule has 0 saturated carbocycles. The fourth-order valence-corrected chi connectivity index (χ4v) is 3.24. The summed E-state index contributed by atoms with van der Waals surface area (Å²) in [7, 11) is 1.54. The summed E-state index contributed by atoms with van der Waals surface area (Å²) in [5.74, 6) is 2.00. The molecule has 0 aliphatic carbocycles. The average molecular weight is 408 g/mol. The Bertz CT molecular complexity index is 1000. The second kappa shape index (κ2) is 8.19. The summed E-state index contributed by atoms with van der Waals surface area (Å²) in [5.41, 5.74) is 1.42. The fourth-order valence-electron chi connectivity index (χ4n) is 3.24. The topological polar surface area (TPSA) is 79.3 Å². The fraction of sp³-hybridized carbons (Fsp3) is 0.304. The summed E-state index contributed by atoms with van der Waals surface area (Å²) in [6.07, 6.45) is 4.19. The lowest BCUT2D eigenvalue weighted by molar-refractivity contribution is -0.194. The molecule has 1 unspecified atom stereocenters. The van der Waals surface area contributed by atoms with Crippen molar-refractivity contribution in [3.8, 4) is 18.1 Å². The maximum absolute atomic E-state index is 13.3. The third-order valence-electron chi connectivity index (χ3n) is 4.73. The van der Waals surface area contributed by atoms with E-state index in [1.807, 2.05) is 20.8 Å². The monoisotopic (exact) mass is 408 g/mol. The molecule has 3 rings (SSSR count). The van der Waals surface area contributed by atoms with Gasteiger partial charge in [-0.2, -0.15) is 4.89 Å². The van der Waals surface area contributed by atoms with Crippen molar-refractivity contribution in [2.24, 2.45) is 0 Å². The van der Waals surface area contributed by atoms with Crippen LogP contribution < -0.4 is 4.89 Å². The number of terminal acetylenes is 1. The van der Waals surface area contributed by atoms with Gasteiger partial charge in [-0.25, -0.2) is 10.0 Å². The first-order valence-electron chi connectivity index (χ1n) is 9.42. The number of nitrogens with zero attached hydrogens (tertiary/aromatic N) is 2. The lowest BCUT2D eigenvalue weighted by Crippen LogP contribution is -2.56. The second-order valence-corrected chi connectivity index (χ2v) is 7.98. The molecule has 7 heteroatoms. The lowest BCUT2D eigenvalue weighted by Gasteiger charge is -2.41. The van der Waals surface area contributed by atoms with Crippen molar-refractivity contribution in [1.29, 1.82) is 0 Å². The molecule has 0 spiro atoms. The number of hydrogen-bond donors (Lipinski definition) is 1. The lowest BCUT2D eigenvalue weighted by atomic mass is 10.0. The Labute approximate surface area is 175 Å². The Morgan fingerprint density at radius 2 is 1.73 bits per heavy atom. The molecule has 1 atom stereocenters. The van der Waals surface area contributed by atoms with Gasteiger partial charge in [-0.1, -0.05) is 24.1 Å². The molecule has 0 saturated heterocycles. The van der Waals surface area contributed by atoms with Gasteiger partial charge in [-0.15, -0.1) is 6.42 Å². The number of benzene rings is 2. The minimum atomic E-state index is -1.04. The molecule has 0 radical (unpaired) electrons. The Hall–Kier alpha value is -3.34. The van der Waals surface area contributed by atoms with Gasteiger partial charge in [0.1, 0.15) is 12.7 Å². The van der Waals surface area contributed by atoms with Crippen molar-refractivity contribution in [3.05, 3.63) is 64.7 Å². The van der Waals surface area contributed by atoms with E-state index in [0.29, 0.717) is 29.0 Å². The van der Waals surface area contributed by atoms with Gasteiger partial charge in [0.25, 0.3) is 11.8 Å². The quantitative estimate of drug-likeness (QED) is 0.480. The van der Waals surface area contributed by atoms with Crippen LogP contribution in [0, 0.1) is 12.3 Å². The number of carbonyl (C=O) groups is 2. The maximum atomic E-state index is 13.3. The highest BCUT2D eigenvalue weighted by Crippen LogP contribution is 2.29. The molecule has 1 aliphatic heterocycles. The van der Waals surface area contributed by atoms with Crippen molar-refractivity contribution in [1.82, 2.24) is 10.0 Å². The standard InChI is InChI=1S/C23H24N2O5/c1-6-19(26)15-7-9-16(10-8-15)21(27)24(5)25(23(2,3)4)22(28)17-11-12-18-14-29-30-20(18)13-17/h1,7-13,19,26H,14H2,2-5H3. The summed E-state index contributed by atoms with van der Waals surface area (Å²) < 4.78 is 0. The summed E-state index contributed by atoms with van der Waals surface area (Å²) >= 11 is 0. The summed E-state index contributed by atoms with van der Waals surface area (Å²) in [6.45, 7) is 5.85. The molecule has 2 aromatic rings. The predicted molar refractivity (Wildman–Crippen MR) is 110 cm³/mol. The van der Waals surface area contributed by atoms with Gasteiger partial charge in [-0.05, 0) is 50.6 Å². The molecule has 30 heavy (non-hydrogen) atoms. The number of aliphatic hydroxyl groups excluding tert-OH is 1. The van der Waals surface area contributed by atoms with E-state index in [1.165, 1.54) is 10.0 Å². The van der Waals surface area contributed by atoms with E-state index in [4.69, 9.17) is 16.2 Å². The average Bonchev–Trinajstić information content (AvgIpc) is 3.19. The van der Waals surface area contributed by atoms with E-state index in [2.05, 4.69) is 5.92 Å². The molecule has 0 fully saturated rings. The van der Waals surface area contributed by atoms with Crippen LogP contribution >= 0.6 is 0 Å². The molecule has 1 aliphatic rings.